The molecule has 5 heteroatoms. The Balaban J connectivity index is 3.13. The van der Waals surface area contributed by atoms with Crippen LogP contribution in [0.25, 0.3) is 0 Å². The first kappa shape index (κ1) is 10.2. The van der Waals surface area contributed by atoms with Crippen molar-refractivity contribution in [1.29, 1.82) is 0 Å². The molecule has 0 heterocycles. The first-order valence-corrected chi connectivity index (χ1v) is 5.17. The molecule has 1 aromatic rings. The lowest BCUT2D eigenvalue weighted by atomic mass is 10.2. The monoisotopic (exact) mass is 389 g/mol. The van der Waals surface area contributed by atoms with Crippen molar-refractivity contribution < 1.29 is 9.63 Å². The molecule has 0 saturated carbocycles. The Morgan fingerprint density at radius 2 is 2.08 bits per heavy atom. The van der Waals surface area contributed by atoms with Crippen molar-refractivity contribution in [3.63, 3.8) is 0 Å². The summed E-state index contributed by atoms with van der Waals surface area (Å²) in [6, 6.07) is 5.49. The summed E-state index contributed by atoms with van der Waals surface area (Å²) < 4.78 is 1.82. The molecule has 0 unspecified atom stereocenters. The molecule has 0 fully saturated rings. The molecule has 0 aliphatic heterocycles. The maximum atomic E-state index is 11.0. The van der Waals surface area contributed by atoms with Gasteiger partial charge in [0.25, 0.3) is 0 Å². The van der Waals surface area contributed by atoms with Crippen LogP contribution in [0.15, 0.2) is 18.2 Å². The van der Waals surface area contributed by atoms with Gasteiger partial charge in [-0.05, 0) is 63.4 Å². The fourth-order valence-corrected chi connectivity index (χ4v) is 1.76. The van der Waals surface area contributed by atoms with Crippen LogP contribution in [0.4, 0.5) is 0 Å². The van der Waals surface area contributed by atoms with E-state index in [2.05, 4.69) is 50.0 Å². The summed E-state index contributed by atoms with van der Waals surface area (Å²) in [6.45, 7) is 0. The van der Waals surface area contributed by atoms with Gasteiger partial charge >= 0.3 is 5.97 Å². The van der Waals surface area contributed by atoms with Gasteiger partial charge in [-0.1, -0.05) is 0 Å². The summed E-state index contributed by atoms with van der Waals surface area (Å²) in [4.78, 5) is 15.2. The van der Waals surface area contributed by atoms with Gasteiger partial charge in [0.2, 0.25) is 0 Å². The third kappa shape index (κ3) is 2.30. The minimum Gasteiger partial charge on any atom is -0.370 e. The molecule has 0 bridgehead atoms. The van der Waals surface area contributed by atoms with Gasteiger partial charge in [-0.2, -0.15) is 5.90 Å². The average molecular weight is 389 g/mol. The molecule has 0 amide bonds. The van der Waals surface area contributed by atoms with Gasteiger partial charge in [-0.15, -0.1) is 0 Å². The van der Waals surface area contributed by atoms with Crippen molar-refractivity contribution in [2.24, 2.45) is 5.90 Å². The lowest BCUT2D eigenvalue weighted by molar-refractivity contribution is 0.0502. The van der Waals surface area contributed by atoms with Crippen molar-refractivity contribution >= 4 is 51.2 Å². The Morgan fingerprint density at radius 3 is 2.67 bits per heavy atom. The summed E-state index contributed by atoms with van der Waals surface area (Å²) in [5.74, 6) is 4.27. The second-order valence-electron chi connectivity index (χ2n) is 2.03. The zero-order valence-corrected chi connectivity index (χ0v) is 10.2. The van der Waals surface area contributed by atoms with Crippen LogP contribution in [0.2, 0.25) is 0 Å². The van der Waals surface area contributed by atoms with E-state index in [0.29, 0.717) is 5.56 Å². The van der Waals surface area contributed by atoms with E-state index in [1.165, 1.54) is 0 Å². The fourth-order valence-electron chi connectivity index (χ4n) is 0.717. The largest absolute Gasteiger partial charge is 0.370 e. The SMILES string of the molecule is NOC(=O)c1cc(I)ccc1I. The quantitative estimate of drug-likeness (QED) is 0.590. The molecule has 0 aliphatic carbocycles. The standard InChI is InChI=1S/C7H5I2NO2/c8-4-1-2-6(9)5(3-4)7(11)12-10/h1-3H,10H2. The lowest BCUT2D eigenvalue weighted by Crippen LogP contribution is -2.11. The molecule has 3 nitrogen and oxygen atoms in total. The van der Waals surface area contributed by atoms with Crippen molar-refractivity contribution in [3.8, 4) is 0 Å². The van der Waals surface area contributed by atoms with Crippen LogP contribution in [0.3, 0.4) is 0 Å². The predicted molar refractivity (Wildman–Crippen MR) is 61.5 cm³/mol. The summed E-state index contributed by atoms with van der Waals surface area (Å²) in [6.07, 6.45) is 0. The molecule has 0 aliphatic rings. The van der Waals surface area contributed by atoms with Crippen molar-refractivity contribution in [1.82, 2.24) is 0 Å². The highest BCUT2D eigenvalue weighted by Crippen LogP contribution is 2.16. The van der Waals surface area contributed by atoms with Crippen LogP contribution in [0, 0.1) is 7.14 Å². The molecule has 1 aromatic carbocycles. The molecule has 12 heavy (non-hydrogen) atoms. The number of benzene rings is 1. The third-order valence-electron chi connectivity index (χ3n) is 1.26. The number of carbonyl (C=O) groups excluding carboxylic acids is 1. The Hall–Kier alpha value is 0.110. The molecule has 0 saturated heterocycles. The van der Waals surface area contributed by atoms with E-state index in [-0.39, 0.29) is 0 Å². The predicted octanol–water partition coefficient (Wildman–Crippen LogP) is 1.93. The van der Waals surface area contributed by atoms with E-state index in [9.17, 15) is 4.79 Å². The van der Waals surface area contributed by atoms with E-state index in [0.717, 1.165) is 7.14 Å². The number of hydrogen-bond acceptors (Lipinski definition) is 3. The molecule has 0 aromatic heterocycles. The van der Waals surface area contributed by atoms with Crippen LogP contribution < -0.4 is 5.90 Å². The third-order valence-corrected chi connectivity index (χ3v) is 2.87. The normalized spacial score (nSPS) is 9.58. The Kier molecular flexibility index (Phi) is 3.72. The first-order chi connectivity index (χ1) is 5.65. The Labute approximate surface area is 96.9 Å². The fraction of sp³-hybridized carbons (Fsp3) is 0. The molecular formula is C7H5I2NO2. The number of nitrogens with two attached hydrogens (primary N) is 1. The smallest absolute Gasteiger partial charge is 0.357 e. The van der Waals surface area contributed by atoms with E-state index < -0.39 is 5.97 Å². The van der Waals surface area contributed by atoms with Gasteiger partial charge in [0.15, 0.2) is 0 Å². The van der Waals surface area contributed by atoms with Crippen molar-refractivity contribution in [2.45, 2.75) is 0 Å². The molecule has 0 atom stereocenters. The molecular weight excluding hydrogens is 384 g/mol. The average Bonchev–Trinajstić information content (AvgIpc) is 2.08. The van der Waals surface area contributed by atoms with Crippen LogP contribution in [-0.4, -0.2) is 5.97 Å². The second-order valence-corrected chi connectivity index (χ2v) is 4.44. The maximum Gasteiger partial charge on any atom is 0.357 e. The van der Waals surface area contributed by atoms with Gasteiger partial charge in [0, 0.05) is 7.14 Å². The topological polar surface area (TPSA) is 52.3 Å². The van der Waals surface area contributed by atoms with Gasteiger partial charge in [-0.3, -0.25) is 0 Å². The summed E-state index contributed by atoms with van der Waals surface area (Å²) in [7, 11) is 0. The summed E-state index contributed by atoms with van der Waals surface area (Å²) >= 11 is 4.18. The number of carbonyl (C=O) groups is 1. The van der Waals surface area contributed by atoms with Gasteiger partial charge in [0.1, 0.15) is 0 Å². The zero-order chi connectivity index (χ0) is 9.14. The van der Waals surface area contributed by atoms with Crippen LogP contribution in [0.5, 0.6) is 0 Å². The summed E-state index contributed by atoms with van der Waals surface area (Å²) in [5.41, 5.74) is 0.505. The number of halogens is 2. The van der Waals surface area contributed by atoms with E-state index >= 15 is 0 Å². The Bertz CT molecular complexity index is 314. The number of hydrogen-bond donors (Lipinski definition) is 1. The first-order valence-electron chi connectivity index (χ1n) is 3.01. The van der Waals surface area contributed by atoms with Crippen molar-refractivity contribution in [3.05, 3.63) is 30.9 Å². The number of rotatable bonds is 1. The molecule has 0 radical (unpaired) electrons. The summed E-state index contributed by atoms with van der Waals surface area (Å²) in [5, 5.41) is 0. The van der Waals surface area contributed by atoms with Crippen LogP contribution in [-0.2, 0) is 4.84 Å². The highest BCUT2D eigenvalue weighted by atomic mass is 127. The van der Waals surface area contributed by atoms with Gasteiger partial charge in [-0.25, -0.2) is 4.79 Å². The molecule has 0 spiro atoms. The zero-order valence-electron chi connectivity index (χ0n) is 5.88. The maximum absolute atomic E-state index is 11.0. The molecule has 2 N–H and O–H groups in total. The minimum absolute atomic E-state index is 0.502. The lowest BCUT2D eigenvalue weighted by Gasteiger charge is -2.01. The van der Waals surface area contributed by atoms with Crippen molar-refractivity contribution in [2.75, 3.05) is 0 Å². The van der Waals surface area contributed by atoms with E-state index in [4.69, 9.17) is 5.90 Å². The highest BCUT2D eigenvalue weighted by Gasteiger charge is 2.10. The Morgan fingerprint density at radius 1 is 1.42 bits per heavy atom. The van der Waals surface area contributed by atoms with E-state index in [1.807, 2.05) is 12.1 Å². The van der Waals surface area contributed by atoms with Crippen LogP contribution >= 0.6 is 45.2 Å². The minimum atomic E-state index is -0.502. The molecule has 64 valence electrons. The van der Waals surface area contributed by atoms with Gasteiger partial charge in [0.05, 0.1) is 5.56 Å². The highest BCUT2D eigenvalue weighted by molar-refractivity contribution is 14.1. The molecule has 1 rings (SSSR count). The second kappa shape index (κ2) is 4.38. The van der Waals surface area contributed by atoms with Crippen LogP contribution in [0.1, 0.15) is 10.4 Å². The van der Waals surface area contributed by atoms with Gasteiger partial charge < -0.3 is 4.84 Å². The van der Waals surface area contributed by atoms with E-state index in [1.54, 1.807) is 6.07 Å².